The van der Waals surface area contributed by atoms with E-state index in [0.717, 1.165) is 49.7 Å². The molecule has 0 saturated carbocycles. The first kappa shape index (κ1) is 27.8. The Labute approximate surface area is 287 Å². The van der Waals surface area contributed by atoms with Crippen LogP contribution in [0.2, 0.25) is 5.15 Å². The van der Waals surface area contributed by atoms with Crippen molar-refractivity contribution in [1.82, 2.24) is 19.1 Å². The number of fused-ring (bicyclic) bond motifs is 7. The van der Waals surface area contributed by atoms with Crippen molar-refractivity contribution < 1.29 is 0 Å². The predicted molar refractivity (Wildman–Crippen MR) is 204 cm³/mol. The molecule has 4 nitrogen and oxygen atoms in total. The molecule has 0 amide bonds. The first-order valence-electron chi connectivity index (χ1n) is 16.4. The molecule has 3 heterocycles. The van der Waals surface area contributed by atoms with Gasteiger partial charge in [0.2, 0.25) is 0 Å². The number of nitrogens with zero attached hydrogens (tertiary/aromatic N) is 4. The Kier molecular flexibility index (Phi) is 6.20. The van der Waals surface area contributed by atoms with Crippen LogP contribution in [-0.4, -0.2) is 19.1 Å². The molecule has 0 fully saturated rings. The summed E-state index contributed by atoms with van der Waals surface area (Å²) in [5.41, 5.74) is 11.9. The first-order chi connectivity index (χ1) is 24.2. The summed E-state index contributed by atoms with van der Waals surface area (Å²) in [6.07, 6.45) is 0. The van der Waals surface area contributed by atoms with Gasteiger partial charge in [0, 0.05) is 27.2 Å². The highest BCUT2D eigenvalue weighted by atomic mass is 35.5. The fourth-order valence-corrected chi connectivity index (χ4v) is 7.58. The molecule has 0 aliphatic heterocycles. The van der Waals surface area contributed by atoms with Gasteiger partial charge in [-0.05, 0) is 82.9 Å². The van der Waals surface area contributed by atoms with Crippen molar-refractivity contribution in [1.29, 1.82) is 0 Å². The second-order valence-corrected chi connectivity index (χ2v) is 12.8. The topological polar surface area (TPSA) is 35.6 Å². The Morgan fingerprint density at radius 3 is 1.63 bits per heavy atom. The lowest BCUT2D eigenvalue weighted by molar-refractivity contribution is 1.08. The lowest BCUT2D eigenvalue weighted by atomic mass is 9.99. The molecule has 0 spiro atoms. The van der Waals surface area contributed by atoms with Crippen LogP contribution in [0.4, 0.5) is 0 Å². The van der Waals surface area contributed by atoms with Crippen molar-refractivity contribution in [2.24, 2.45) is 0 Å². The standard InChI is InChI=1S/C44H27ClN4/c45-43-44(47-38-17-9-8-16-37(38)46-43)49-39-18-10-7-15-33(39)35-25-30(21-24-41(35)49)29-20-23-40-36(26-29)34-22-19-31(28-11-3-1-4-12-28)27-42(34)48(40)32-13-5-2-6-14-32/h1-27H. The largest absolute Gasteiger partial charge is 0.309 e. The van der Waals surface area contributed by atoms with Crippen LogP contribution in [0.5, 0.6) is 0 Å². The van der Waals surface area contributed by atoms with Crippen LogP contribution in [0.3, 0.4) is 0 Å². The maximum absolute atomic E-state index is 6.82. The summed E-state index contributed by atoms with van der Waals surface area (Å²) in [5.74, 6) is 0.629. The van der Waals surface area contributed by atoms with Crippen molar-refractivity contribution >= 4 is 66.2 Å². The Morgan fingerprint density at radius 1 is 0.367 bits per heavy atom. The molecule has 0 N–H and O–H groups in total. The van der Waals surface area contributed by atoms with Crippen LogP contribution in [0.15, 0.2) is 164 Å². The molecule has 0 aliphatic carbocycles. The highest BCUT2D eigenvalue weighted by molar-refractivity contribution is 6.31. The van der Waals surface area contributed by atoms with Gasteiger partial charge in [-0.25, -0.2) is 9.97 Å². The molecule has 0 unspecified atom stereocenters. The molecule has 7 aromatic carbocycles. The lowest BCUT2D eigenvalue weighted by Gasteiger charge is -2.10. The average molecular weight is 647 g/mol. The maximum atomic E-state index is 6.82. The predicted octanol–water partition coefficient (Wildman–Crippen LogP) is 11.8. The monoisotopic (exact) mass is 646 g/mol. The van der Waals surface area contributed by atoms with Crippen LogP contribution >= 0.6 is 11.6 Å². The third-order valence-corrected chi connectivity index (χ3v) is 9.87. The summed E-state index contributed by atoms with van der Waals surface area (Å²) in [6.45, 7) is 0. The summed E-state index contributed by atoms with van der Waals surface area (Å²) >= 11 is 6.82. The molecule has 49 heavy (non-hydrogen) atoms. The van der Waals surface area contributed by atoms with E-state index in [-0.39, 0.29) is 0 Å². The van der Waals surface area contributed by atoms with Crippen LogP contribution in [-0.2, 0) is 0 Å². The lowest BCUT2D eigenvalue weighted by Crippen LogP contribution is -2.01. The molecule has 0 bridgehead atoms. The number of benzene rings is 7. The molecule has 10 rings (SSSR count). The van der Waals surface area contributed by atoms with Crippen molar-refractivity contribution in [3.63, 3.8) is 0 Å². The molecular weight excluding hydrogens is 620 g/mol. The number of hydrogen-bond donors (Lipinski definition) is 0. The van der Waals surface area contributed by atoms with Gasteiger partial charge in [0.15, 0.2) is 11.0 Å². The third kappa shape index (κ3) is 4.38. The SMILES string of the molecule is Clc1nc2ccccc2nc1-n1c2ccccc2c2cc(-c3ccc4c(c3)c3ccc(-c5ccccc5)cc3n4-c3ccccc3)ccc21. The average Bonchev–Trinajstić information content (AvgIpc) is 3.67. The van der Waals surface area contributed by atoms with Crippen molar-refractivity contribution in [2.45, 2.75) is 0 Å². The summed E-state index contributed by atoms with van der Waals surface area (Å²) in [4.78, 5) is 9.67. The van der Waals surface area contributed by atoms with Gasteiger partial charge in [-0.3, -0.25) is 4.57 Å². The molecule has 5 heteroatoms. The Morgan fingerprint density at radius 2 is 0.898 bits per heavy atom. The van der Waals surface area contributed by atoms with Gasteiger partial charge in [0.05, 0.1) is 33.1 Å². The van der Waals surface area contributed by atoms with E-state index in [0.29, 0.717) is 11.0 Å². The van der Waals surface area contributed by atoms with E-state index < -0.39 is 0 Å². The molecule has 3 aromatic heterocycles. The second kappa shape index (κ2) is 10.9. The van der Waals surface area contributed by atoms with Gasteiger partial charge >= 0.3 is 0 Å². The number of rotatable bonds is 4. The summed E-state index contributed by atoms with van der Waals surface area (Å²) in [5, 5.41) is 5.10. The van der Waals surface area contributed by atoms with Gasteiger partial charge in [0.25, 0.3) is 0 Å². The third-order valence-electron chi connectivity index (χ3n) is 9.62. The normalized spacial score (nSPS) is 11.8. The summed E-state index contributed by atoms with van der Waals surface area (Å²) in [7, 11) is 0. The van der Waals surface area contributed by atoms with E-state index in [2.05, 4.69) is 149 Å². The number of para-hydroxylation sites is 4. The highest BCUT2D eigenvalue weighted by Gasteiger charge is 2.19. The van der Waals surface area contributed by atoms with Crippen LogP contribution in [0.25, 0.3) is 88.4 Å². The minimum atomic E-state index is 0.376. The Hall–Kier alpha value is -6.23. The van der Waals surface area contributed by atoms with Crippen LogP contribution in [0, 0.1) is 0 Å². The number of halogens is 1. The minimum absolute atomic E-state index is 0.376. The zero-order valence-corrected chi connectivity index (χ0v) is 27.0. The first-order valence-corrected chi connectivity index (χ1v) is 16.7. The quantitative estimate of drug-likeness (QED) is 0.191. The van der Waals surface area contributed by atoms with Crippen molar-refractivity contribution in [3.05, 3.63) is 169 Å². The van der Waals surface area contributed by atoms with Crippen LogP contribution < -0.4 is 0 Å². The second-order valence-electron chi connectivity index (χ2n) is 12.4. The molecule has 0 radical (unpaired) electrons. The number of aromatic nitrogens is 4. The van der Waals surface area contributed by atoms with Gasteiger partial charge in [-0.2, -0.15) is 0 Å². The van der Waals surface area contributed by atoms with Gasteiger partial charge in [-0.1, -0.05) is 115 Å². The van der Waals surface area contributed by atoms with Crippen molar-refractivity contribution in [2.75, 3.05) is 0 Å². The molecular formula is C44H27ClN4. The molecule has 0 aliphatic rings. The van der Waals surface area contributed by atoms with E-state index in [9.17, 15) is 0 Å². The fraction of sp³-hybridized carbons (Fsp3) is 0. The van der Waals surface area contributed by atoms with Crippen molar-refractivity contribution in [3.8, 4) is 33.8 Å². The van der Waals surface area contributed by atoms with E-state index >= 15 is 0 Å². The van der Waals surface area contributed by atoms with E-state index in [1.165, 1.54) is 32.9 Å². The molecule has 0 saturated heterocycles. The molecule has 230 valence electrons. The smallest absolute Gasteiger partial charge is 0.176 e. The van der Waals surface area contributed by atoms with Gasteiger partial charge in [0.1, 0.15) is 0 Å². The van der Waals surface area contributed by atoms with E-state index in [1.807, 2.05) is 24.3 Å². The van der Waals surface area contributed by atoms with E-state index in [1.54, 1.807) is 0 Å². The Bertz CT molecular complexity index is 2890. The molecule has 0 atom stereocenters. The van der Waals surface area contributed by atoms with E-state index in [4.69, 9.17) is 21.6 Å². The fourth-order valence-electron chi connectivity index (χ4n) is 7.36. The highest BCUT2D eigenvalue weighted by Crippen LogP contribution is 2.39. The maximum Gasteiger partial charge on any atom is 0.176 e. The van der Waals surface area contributed by atoms with Gasteiger partial charge < -0.3 is 4.57 Å². The minimum Gasteiger partial charge on any atom is -0.309 e. The zero-order chi connectivity index (χ0) is 32.5. The van der Waals surface area contributed by atoms with Crippen LogP contribution in [0.1, 0.15) is 0 Å². The zero-order valence-electron chi connectivity index (χ0n) is 26.3. The molecule has 10 aromatic rings. The summed E-state index contributed by atoms with van der Waals surface area (Å²) in [6, 6.07) is 57.8. The number of hydrogen-bond acceptors (Lipinski definition) is 2. The Balaban J connectivity index is 1.18. The van der Waals surface area contributed by atoms with Gasteiger partial charge in [-0.15, -0.1) is 0 Å². The summed E-state index contributed by atoms with van der Waals surface area (Å²) < 4.78 is 4.52.